The molecule has 2 aliphatic heterocycles. The van der Waals surface area contributed by atoms with Crippen LogP contribution < -0.4 is 10.6 Å². The van der Waals surface area contributed by atoms with Gasteiger partial charge in [-0.3, -0.25) is 0 Å². The molecule has 2 heterocycles. The Morgan fingerprint density at radius 1 is 1.05 bits per heavy atom. The van der Waals surface area contributed by atoms with Gasteiger partial charge in [-0.05, 0) is 71.0 Å². The Hall–Kier alpha value is -0.120. The molecular weight excluding hydrogens is 246 g/mol. The summed E-state index contributed by atoms with van der Waals surface area (Å²) >= 11 is 0. The Morgan fingerprint density at radius 3 is 2.60 bits per heavy atom. The van der Waals surface area contributed by atoms with E-state index in [0.29, 0.717) is 6.04 Å². The summed E-state index contributed by atoms with van der Waals surface area (Å²) in [5.74, 6) is 0.882. The van der Waals surface area contributed by atoms with E-state index in [2.05, 4.69) is 22.5 Å². The molecule has 20 heavy (non-hydrogen) atoms. The van der Waals surface area contributed by atoms with Crippen LogP contribution in [0.25, 0.3) is 0 Å². The van der Waals surface area contributed by atoms with Gasteiger partial charge in [0.2, 0.25) is 0 Å². The quantitative estimate of drug-likeness (QED) is 0.809. The van der Waals surface area contributed by atoms with Gasteiger partial charge in [0.1, 0.15) is 0 Å². The first-order valence-electron chi connectivity index (χ1n) is 9.05. The van der Waals surface area contributed by atoms with Gasteiger partial charge in [0.15, 0.2) is 0 Å². The van der Waals surface area contributed by atoms with Gasteiger partial charge in [-0.25, -0.2) is 0 Å². The zero-order valence-electron chi connectivity index (χ0n) is 13.2. The molecule has 0 spiro atoms. The lowest BCUT2D eigenvalue weighted by atomic mass is 9.79. The lowest BCUT2D eigenvalue weighted by molar-refractivity contribution is 0.188. The molecule has 2 saturated heterocycles. The molecule has 0 bridgehead atoms. The largest absolute Gasteiger partial charge is 0.314 e. The van der Waals surface area contributed by atoms with Crippen molar-refractivity contribution in [1.29, 1.82) is 0 Å². The minimum atomic E-state index is 0.653. The number of hydrogen-bond donors (Lipinski definition) is 2. The molecule has 3 nitrogen and oxygen atoms in total. The maximum atomic E-state index is 3.99. The molecule has 2 N–H and O–H groups in total. The first kappa shape index (κ1) is 14.8. The standard InChI is InChI=1S/C17H33N3/c1-14(13-20-11-4-5-12-20)19-17-8-3-2-7-15(17)16-9-6-10-18-16/h14-19H,2-13H2,1H3. The van der Waals surface area contributed by atoms with Crippen molar-refractivity contribution in [3.63, 3.8) is 0 Å². The molecule has 116 valence electrons. The molecule has 3 aliphatic rings. The third-order valence-electron chi connectivity index (χ3n) is 5.66. The SMILES string of the molecule is CC(CN1CCCC1)NC1CCCCC1C1CCCN1. The predicted octanol–water partition coefficient (Wildman–Crippen LogP) is 2.37. The average molecular weight is 279 g/mol. The lowest BCUT2D eigenvalue weighted by Crippen LogP contribution is -2.51. The van der Waals surface area contributed by atoms with E-state index in [1.807, 2.05) is 0 Å². The number of nitrogens with one attached hydrogen (secondary N) is 2. The van der Waals surface area contributed by atoms with Gasteiger partial charge in [-0.1, -0.05) is 12.8 Å². The van der Waals surface area contributed by atoms with Crippen LogP contribution in [0.2, 0.25) is 0 Å². The van der Waals surface area contributed by atoms with Crippen LogP contribution in [0.15, 0.2) is 0 Å². The van der Waals surface area contributed by atoms with Gasteiger partial charge in [-0.2, -0.15) is 0 Å². The van der Waals surface area contributed by atoms with Crippen molar-refractivity contribution in [2.75, 3.05) is 26.2 Å². The highest BCUT2D eigenvalue weighted by Crippen LogP contribution is 2.31. The normalized spacial score (nSPS) is 37.4. The lowest BCUT2D eigenvalue weighted by Gasteiger charge is -2.38. The molecule has 1 aliphatic carbocycles. The van der Waals surface area contributed by atoms with E-state index < -0.39 is 0 Å². The van der Waals surface area contributed by atoms with Crippen molar-refractivity contribution >= 4 is 0 Å². The number of likely N-dealkylation sites (tertiary alicyclic amines) is 1. The van der Waals surface area contributed by atoms with Crippen LogP contribution in [0.4, 0.5) is 0 Å². The molecule has 4 unspecified atom stereocenters. The van der Waals surface area contributed by atoms with Crippen LogP contribution in [0.3, 0.4) is 0 Å². The van der Waals surface area contributed by atoms with E-state index in [1.54, 1.807) is 0 Å². The summed E-state index contributed by atoms with van der Waals surface area (Å²) in [4.78, 5) is 2.64. The molecular formula is C17H33N3. The summed E-state index contributed by atoms with van der Waals surface area (Å²) in [6.45, 7) is 7.54. The van der Waals surface area contributed by atoms with Crippen molar-refractivity contribution < 1.29 is 0 Å². The Labute approximate surface area is 124 Å². The van der Waals surface area contributed by atoms with E-state index in [4.69, 9.17) is 0 Å². The highest BCUT2D eigenvalue weighted by atomic mass is 15.2. The second-order valence-electron chi connectivity index (χ2n) is 7.33. The highest BCUT2D eigenvalue weighted by molar-refractivity contribution is 4.92. The molecule has 3 rings (SSSR count). The number of hydrogen-bond acceptors (Lipinski definition) is 3. The summed E-state index contributed by atoms with van der Waals surface area (Å²) in [5.41, 5.74) is 0. The van der Waals surface area contributed by atoms with Crippen LogP contribution in [0.1, 0.15) is 58.3 Å². The van der Waals surface area contributed by atoms with Crippen molar-refractivity contribution in [1.82, 2.24) is 15.5 Å². The first-order valence-corrected chi connectivity index (χ1v) is 9.05. The first-order chi connectivity index (χ1) is 9.83. The molecule has 1 saturated carbocycles. The monoisotopic (exact) mass is 279 g/mol. The van der Waals surface area contributed by atoms with Gasteiger partial charge in [0, 0.05) is 24.7 Å². The Kier molecular flexibility index (Phi) is 5.36. The summed E-state index contributed by atoms with van der Waals surface area (Å²) in [5, 5.41) is 7.74. The van der Waals surface area contributed by atoms with Crippen LogP contribution in [0, 0.1) is 5.92 Å². The fraction of sp³-hybridized carbons (Fsp3) is 1.00. The zero-order valence-corrected chi connectivity index (χ0v) is 13.2. The van der Waals surface area contributed by atoms with E-state index in [0.717, 1.165) is 18.0 Å². The van der Waals surface area contributed by atoms with E-state index in [-0.39, 0.29) is 0 Å². The van der Waals surface area contributed by atoms with Gasteiger partial charge < -0.3 is 15.5 Å². The fourth-order valence-corrected chi connectivity index (χ4v) is 4.70. The minimum Gasteiger partial charge on any atom is -0.314 e. The molecule has 0 radical (unpaired) electrons. The zero-order chi connectivity index (χ0) is 13.8. The number of nitrogens with zero attached hydrogens (tertiary/aromatic N) is 1. The van der Waals surface area contributed by atoms with Crippen LogP contribution in [-0.2, 0) is 0 Å². The molecule has 4 atom stereocenters. The van der Waals surface area contributed by atoms with Gasteiger partial charge >= 0.3 is 0 Å². The van der Waals surface area contributed by atoms with Crippen LogP contribution in [0.5, 0.6) is 0 Å². The smallest absolute Gasteiger partial charge is 0.0169 e. The molecule has 0 aromatic rings. The third kappa shape index (κ3) is 3.75. The van der Waals surface area contributed by atoms with Gasteiger partial charge in [0.25, 0.3) is 0 Å². The maximum Gasteiger partial charge on any atom is 0.0169 e. The second kappa shape index (κ2) is 7.24. The van der Waals surface area contributed by atoms with Crippen molar-refractivity contribution in [3.05, 3.63) is 0 Å². The van der Waals surface area contributed by atoms with Crippen molar-refractivity contribution in [2.24, 2.45) is 5.92 Å². The average Bonchev–Trinajstić information content (AvgIpc) is 3.11. The number of rotatable bonds is 5. The summed E-state index contributed by atoms with van der Waals surface area (Å²) in [6, 6.07) is 2.21. The van der Waals surface area contributed by atoms with Crippen LogP contribution >= 0.6 is 0 Å². The van der Waals surface area contributed by atoms with Crippen molar-refractivity contribution in [2.45, 2.75) is 76.4 Å². The summed E-state index contributed by atoms with van der Waals surface area (Å²) in [6.07, 6.45) is 11.3. The van der Waals surface area contributed by atoms with Crippen molar-refractivity contribution in [3.8, 4) is 0 Å². The van der Waals surface area contributed by atoms with E-state index in [9.17, 15) is 0 Å². The topological polar surface area (TPSA) is 27.3 Å². The summed E-state index contributed by atoms with van der Waals surface area (Å²) in [7, 11) is 0. The van der Waals surface area contributed by atoms with E-state index >= 15 is 0 Å². The molecule has 3 fully saturated rings. The Morgan fingerprint density at radius 2 is 1.85 bits per heavy atom. The van der Waals surface area contributed by atoms with Gasteiger partial charge in [-0.15, -0.1) is 0 Å². The molecule has 3 heteroatoms. The molecule has 0 amide bonds. The maximum absolute atomic E-state index is 3.99. The molecule has 0 aromatic heterocycles. The van der Waals surface area contributed by atoms with Gasteiger partial charge in [0.05, 0.1) is 0 Å². The minimum absolute atomic E-state index is 0.653. The highest BCUT2D eigenvalue weighted by Gasteiger charge is 2.33. The Balaban J connectivity index is 1.50. The van der Waals surface area contributed by atoms with E-state index in [1.165, 1.54) is 77.5 Å². The fourth-order valence-electron chi connectivity index (χ4n) is 4.70. The second-order valence-corrected chi connectivity index (χ2v) is 7.33. The summed E-state index contributed by atoms with van der Waals surface area (Å²) < 4.78 is 0. The van der Waals surface area contributed by atoms with Crippen LogP contribution in [-0.4, -0.2) is 49.2 Å². The predicted molar refractivity (Wildman–Crippen MR) is 85.0 cm³/mol. The third-order valence-corrected chi connectivity index (χ3v) is 5.66. The Bertz CT molecular complexity index is 282. The molecule has 0 aromatic carbocycles.